The van der Waals surface area contributed by atoms with Gasteiger partial charge in [0.25, 0.3) is 57.3 Å². The summed E-state index contributed by atoms with van der Waals surface area (Å²) < 4.78 is 6.80. The van der Waals surface area contributed by atoms with Crippen LogP contribution in [0.25, 0.3) is 51.1 Å². The van der Waals surface area contributed by atoms with Crippen molar-refractivity contribution in [3.63, 3.8) is 0 Å². The Bertz CT molecular complexity index is 6730. The Morgan fingerprint density at radius 2 is 0.742 bits per heavy atom. The van der Waals surface area contributed by atoms with Crippen LogP contribution < -0.4 is 49.9 Å². The Hall–Kier alpha value is -13.0. The zero-order valence-electron chi connectivity index (χ0n) is 66.9. The van der Waals surface area contributed by atoms with E-state index in [0.717, 1.165) is 33.8 Å². The quantitative estimate of drug-likeness (QED) is 0.0310. The number of rotatable bonds is 23. The Morgan fingerprint density at radius 1 is 0.444 bits per heavy atom. The number of thiophene rings is 5. The van der Waals surface area contributed by atoms with Gasteiger partial charge in [-0.05, 0) is 110 Å². The van der Waals surface area contributed by atoms with Crippen molar-refractivity contribution < 1.29 is 49.5 Å². The number of aryl methyl sites for hydroxylation is 2. The van der Waals surface area contributed by atoms with Gasteiger partial charge in [-0.3, -0.25) is 70.8 Å². The van der Waals surface area contributed by atoms with Crippen LogP contribution in [-0.2, 0) is 78.3 Å². The van der Waals surface area contributed by atoms with Crippen LogP contribution in [0.1, 0.15) is 134 Å². The normalized spacial score (nSPS) is 13.7. The van der Waals surface area contributed by atoms with E-state index in [1.807, 2.05) is 0 Å². The number of nitrogens with one attached hydrogen (secondary N) is 2. The van der Waals surface area contributed by atoms with E-state index in [2.05, 4.69) is 113 Å². The molecule has 0 spiro atoms. The van der Waals surface area contributed by atoms with Crippen molar-refractivity contribution in [3.8, 4) is 0 Å². The summed E-state index contributed by atoms with van der Waals surface area (Å²) in [6.45, 7) is 14.1. The fraction of sp³-hybridized carbons (Fsp3) is 0.412. The molecule has 5 atom stereocenters. The van der Waals surface area contributed by atoms with Crippen molar-refractivity contribution in [2.75, 3.05) is 27.2 Å². The number of nitrogens with two attached hydrogens (primary N) is 2. The summed E-state index contributed by atoms with van der Waals surface area (Å²) >= 11 is 11.8. The number of aliphatic hydroxyl groups is 5. The molecule has 17 heterocycles. The average Bonchev–Trinajstić information content (AvgIpc) is 1.62. The van der Waals surface area contributed by atoms with Gasteiger partial charge in [0.1, 0.15) is 29.0 Å². The van der Waals surface area contributed by atoms with E-state index in [4.69, 9.17) is 23.1 Å². The molecule has 17 rings (SSSR count). The zero-order chi connectivity index (χ0) is 89.0. The van der Waals surface area contributed by atoms with E-state index >= 15 is 0 Å². The molecule has 50 nitrogen and oxygen atoms in total. The number of carbonyl (C=O) groups excluding carboxylic acids is 5. The number of amides is 5. The zero-order valence-corrected chi connectivity index (χ0v) is 71.8. The van der Waals surface area contributed by atoms with Gasteiger partial charge in [-0.25, -0.2) is 24.9 Å². The van der Waals surface area contributed by atoms with Gasteiger partial charge in [0.2, 0.25) is 0 Å². The van der Waals surface area contributed by atoms with E-state index in [9.17, 15) is 73.5 Å². The molecule has 0 aliphatic carbocycles. The lowest BCUT2D eigenvalue weighted by molar-refractivity contribution is 0.0785. The largest absolute Gasteiger partial charge is 0.391 e. The van der Waals surface area contributed by atoms with E-state index in [-0.39, 0.29) is 127 Å². The Morgan fingerprint density at radius 3 is 1.09 bits per heavy atom. The van der Waals surface area contributed by atoms with Gasteiger partial charge in [0.05, 0.1) is 179 Å². The smallest absolute Gasteiger partial charge is 0.264 e. The van der Waals surface area contributed by atoms with Gasteiger partial charge in [-0.1, -0.05) is 11.6 Å². The van der Waals surface area contributed by atoms with Crippen LogP contribution in [0.3, 0.4) is 0 Å². The molecule has 0 saturated heterocycles. The molecule has 5 amide bonds. The topological polar surface area (TPSA) is 658 Å². The molecule has 15 aromatic heterocycles. The molecule has 0 unspecified atom stereocenters. The van der Waals surface area contributed by atoms with Crippen LogP contribution in [-0.4, -0.2) is 266 Å². The second-order valence-corrected chi connectivity index (χ2v) is 33.7. The molecular formula is C68H76ClN35O15S5. The number of carbonyl (C=O) groups is 5. The highest BCUT2D eigenvalue weighted by molar-refractivity contribution is 7.22. The molecule has 2 aliphatic rings. The maximum atomic E-state index is 12.9. The first-order valence-corrected chi connectivity index (χ1v) is 41.8. The summed E-state index contributed by atoms with van der Waals surface area (Å²) in [4.78, 5) is 156. The fourth-order valence-electron chi connectivity index (χ4n) is 12.6. The number of halogens is 1. The van der Waals surface area contributed by atoms with Gasteiger partial charge in [0.15, 0.2) is 29.1 Å². The number of likely N-dealkylation sites (N-methyl/N-ethyl adjacent to an activating group) is 1. The molecule has 0 aromatic carbocycles. The molecule has 56 heteroatoms. The number of hydrogen-bond donors (Lipinski definition) is 9. The minimum atomic E-state index is -0.711. The predicted octanol–water partition coefficient (Wildman–Crippen LogP) is -2.89. The lowest BCUT2D eigenvalue weighted by Gasteiger charge is -2.21. The molecule has 650 valence electrons. The SMILES string of the molecule is CNC(=O)c1sc2ncn(Cc3nnn(C[C@@H](C)O)n3)c(=O)c2c1C.C[C@@H](O)Cn1nnc(Cn2cnc3sc(C(N)=O)c(Cl)c3c2=O)n1.C[C@@H](O)Cn1nnc(Cn2cnc3sc4c(c3c2=O)CCN(C)C4=O)n1.C[C@@H](O)Cn1nnc(Cn2cnc3sc4c(c3c2=O)CCNC4=O)n1.Cc1c(C(N)=O)sc2ncn(Cc3nnn(C[C@@H](C)O)n3)c(=O)c12. The first-order chi connectivity index (χ1) is 59.1. The molecule has 11 N–H and O–H groups in total. The maximum absolute atomic E-state index is 12.9. The number of aromatic nitrogens is 30. The number of aliphatic hydroxyl groups excluding tert-OH is 5. The van der Waals surface area contributed by atoms with Crippen LogP contribution in [0.5, 0.6) is 0 Å². The highest BCUT2D eigenvalue weighted by Crippen LogP contribution is 2.35. The Balaban J connectivity index is 0.000000133. The Kier molecular flexibility index (Phi) is 27.0. The second kappa shape index (κ2) is 37.8. The van der Waals surface area contributed by atoms with Crippen LogP contribution in [0, 0.1) is 13.8 Å². The van der Waals surface area contributed by atoms with Gasteiger partial charge >= 0.3 is 0 Å². The van der Waals surface area contributed by atoms with Crippen molar-refractivity contribution >= 4 is 149 Å². The van der Waals surface area contributed by atoms with Crippen molar-refractivity contribution in [1.82, 2.24) is 164 Å². The molecular weight excluding hydrogens is 1740 g/mol. The average molecular weight is 1820 g/mol. The minimum absolute atomic E-state index is 0.0000637. The molecule has 0 radical (unpaired) electrons. The maximum Gasteiger partial charge on any atom is 0.264 e. The third kappa shape index (κ3) is 19.7. The van der Waals surface area contributed by atoms with Crippen LogP contribution in [0.2, 0.25) is 5.02 Å². The number of nitrogens with zero attached hydrogens (tertiary/aromatic N) is 31. The molecule has 15 aromatic rings. The third-order valence-corrected chi connectivity index (χ3v) is 24.4. The minimum Gasteiger partial charge on any atom is -0.391 e. The summed E-state index contributed by atoms with van der Waals surface area (Å²) in [6.07, 6.45) is 5.22. The van der Waals surface area contributed by atoms with Crippen molar-refractivity contribution in [2.24, 2.45) is 11.5 Å². The highest BCUT2D eigenvalue weighted by atomic mass is 35.5. The van der Waals surface area contributed by atoms with E-state index in [1.54, 1.807) is 67.5 Å². The summed E-state index contributed by atoms with van der Waals surface area (Å²) in [7, 11) is 3.30. The number of tetrazole rings is 5. The highest BCUT2D eigenvalue weighted by Gasteiger charge is 2.31. The van der Waals surface area contributed by atoms with E-state index in [0.29, 0.717) is 126 Å². The summed E-state index contributed by atoms with van der Waals surface area (Å²) in [5, 5.41) is 113. The predicted molar refractivity (Wildman–Crippen MR) is 444 cm³/mol. The van der Waals surface area contributed by atoms with E-state index in [1.165, 1.54) is 112 Å². The van der Waals surface area contributed by atoms with Gasteiger partial charge < -0.3 is 52.5 Å². The van der Waals surface area contributed by atoms with Crippen LogP contribution >= 0.6 is 68.3 Å². The monoisotopic (exact) mass is 1820 g/mol. The molecule has 124 heavy (non-hydrogen) atoms. The molecule has 2 aliphatic heterocycles. The first kappa shape index (κ1) is 88.8. The molecule has 0 bridgehead atoms. The Labute approximate surface area is 718 Å². The van der Waals surface area contributed by atoms with Crippen LogP contribution in [0.4, 0.5) is 0 Å². The van der Waals surface area contributed by atoms with Crippen molar-refractivity contribution in [1.29, 1.82) is 0 Å². The van der Waals surface area contributed by atoms with Gasteiger partial charge in [-0.15, -0.1) is 108 Å². The lowest BCUT2D eigenvalue weighted by Crippen LogP contribution is -2.33. The third-order valence-electron chi connectivity index (χ3n) is 18.2. The van der Waals surface area contributed by atoms with E-state index < -0.39 is 47.9 Å². The van der Waals surface area contributed by atoms with Crippen LogP contribution in [0.15, 0.2) is 55.6 Å². The number of fused-ring (bicyclic) bond motifs is 9. The standard InChI is InChI=1S/C15H17N7O3S.C14H15N7O3S.C14H17N7O3S.C13H15N7O3S.C12H12ClN7O3S/c1-8(23)5-22-18-10(17-19-22)6-21-7-16-13-11(14(21)24)9-3-4-20(2)15(25)12(9)26-13;1-7(22)4-21-18-9(17-19-21)5-20-6-16-13-10(14(20)24)8-2-3-15-12(23)11(8)25-13;1-7(22)4-21-18-9(17-19-21)5-20-6-16-13-10(14(20)24)8(2)11(25-13)12(23)15-3;1-6(21)3-20-17-8(16-18-20)4-19-5-15-12-9(13(19)23)7(2)10(24-12)11(14)22;1-5(21)2-20-17-6(16-18-20)3-19-4-15-11-7(12(19)23)8(13)9(24-11)10(14)22/h7-8,23H,3-6H2,1-2H3;6-7,22H,2-5H2,1H3,(H,15,23);6-7,22H,4-5H2,1-3H3,(H,15,23);5-6,21H,3-4H2,1-2H3,(H2,14,22);4-5,21H,2-3H2,1H3,(H2,14,22)/t8-;2*7-;6-;5-/m11111/s1. The van der Waals surface area contributed by atoms with Crippen molar-refractivity contribution in [2.45, 2.75) is 157 Å². The summed E-state index contributed by atoms with van der Waals surface area (Å²) in [5.41, 5.74) is 11.8. The molecule has 0 saturated carbocycles. The molecule has 0 fully saturated rings. The fourth-order valence-corrected chi connectivity index (χ4v) is 18.2. The lowest BCUT2D eigenvalue weighted by atomic mass is 10.1. The van der Waals surface area contributed by atoms with Crippen molar-refractivity contribution in [3.05, 3.63) is 164 Å². The summed E-state index contributed by atoms with van der Waals surface area (Å²) in [6, 6.07) is 0. The first-order valence-electron chi connectivity index (χ1n) is 37.3. The van der Waals surface area contributed by atoms with Gasteiger partial charge in [0, 0.05) is 27.2 Å². The number of primary amides is 2. The number of hydrogen-bond acceptors (Lipinski definition) is 40. The second-order valence-electron chi connectivity index (χ2n) is 28.3. The van der Waals surface area contributed by atoms with Gasteiger partial charge in [-0.2, -0.15) is 24.0 Å². The summed E-state index contributed by atoms with van der Waals surface area (Å²) in [5.74, 6) is -0.110.